The molecule has 3 fully saturated rings. The van der Waals surface area contributed by atoms with E-state index in [1.165, 1.54) is 12.5 Å². The maximum atomic E-state index is 15.0. The number of phenols is 1. The van der Waals surface area contributed by atoms with E-state index in [1.54, 1.807) is 24.4 Å². The summed E-state index contributed by atoms with van der Waals surface area (Å²) in [4.78, 5) is 17.3. The first-order valence-electron chi connectivity index (χ1n) is 16.8. The van der Waals surface area contributed by atoms with Crippen LogP contribution < -0.4 is 20.3 Å². The van der Waals surface area contributed by atoms with Crippen molar-refractivity contribution in [2.45, 2.75) is 70.4 Å². The van der Waals surface area contributed by atoms with Crippen molar-refractivity contribution in [1.29, 1.82) is 0 Å². The van der Waals surface area contributed by atoms with Gasteiger partial charge in [0.05, 0.1) is 35.4 Å². The Bertz CT molecular complexity index is 1790. The summed E-state index contributed by atoms with van der Waals surface area (Å²) in [5, 5.41) is 19.6. The number of aromatic hydroxyl groups is 1. The van der Waals surface area contributed by atoms with Crippen LogP contribution in [0.4, 0.5) is 21.6 Å². The molecule has 2 aromatic carbocycles. The number of nitrogens with two attached hydrogens (primary N) is 1. The normalized spacial score (nSPS) is 24.6. The van der Waals surface area contributed by atoms with Crippen molar-refractivity contribution in [1.82, 2.24) is 25.1 Å². The molecular weight excluding hydrogens is 583 g/mol. The minimum atomic E-state index is -0.220. The fourth-order valence-corrected chi connectivity index (χ4v) is 8.83. The van der Waals surface area contributed by atoms with E-state index in [4.69, 9.17) is 20.4 Å². The molecule has 3 atom stereocenters. The minimum absolute atomic E-state index is 0.0584. The zero-order valence-electron chi connectivity index (χ0n) is 26.7. The maximum absolute atomic E-state index is 15.0. The number of aromatic nitrogens is 4. The standard InChI is InChI=1S/C35H43FN8O2/c1-3-25-27(36)6-5-22-13-24(45)14-30(31(22)25)42-12-8-26-29(19-42)39-34(46-20-35-9-4-10-44(35)17-21(2)15-35)40-33(26)43-11-7-23(18-43)32-28(37)16-38-41-32/h5-6,13-14,16,21,23,45H,3-4,7-12,15,17-20,37H2,1-2H3,(H,38,41)/t21-,23?,35+/m1/s1. The third kappa shape index (κ3) is 4.90. The molecule has 1 unspecified atom stereocenters. The Hall–Kier alpha value is -4.12. The van der Waals surface area contributed by atoms with E-state index in [2.05, 4.69) is 31.8 Å². The number of hydrogen-bond donors (Lipinski definition) is 3. The van der Waals surface area contributed by atoms with E-state index in [9.17, 15) is 5.11 Å². The number of nitrogens with one attached hydrogen (secondary N) is 1. The van der Waals surface area contributed by atoms with Gasteiger partial charge in [-0.1, -0.05) is 19.9 Å². The van der Waals surface area contributed by atoms with Crippen LogP contribution in [-0.4, -0.2) is 75.0 Å². The molecule has 0 spiro atoms. The van der Waals surface area contributed by atoms with Crippen molar-refractivity contribution in [2.75, 3.05) is 54.9 Å². The van der Waals surface area contributed by atoms with Gasteiger partial charge in [-0.3, -0.25) is 10.00 Å². The molecule has 2 aromatic heterocycles. The topological polar surface area (TPSA) is 120 Å². The number of halogens is 1. The molecule has 3 saturated heterocycles. The fraction of sp³-hybridized carbons (Fsp3) is 0.514. The van der Waals surface area contributed by atoms with Crippen molar-refractivity contribution >= 4 is 28.0 Å². The van der Waals surface area contributed by atoms with Gasteiger partial charge < -0.3 is 25.4 Å². The van der Waals surface area contributed by atoms with Crippen LogP contribution in [-0.2, 0) is 19.4 Å². The van der Waals surface area contributed by atoms with Crippen LogP contribution in [0.15, 0.2) is 30.5 Å². The van der Waals surface area contributed by atoms with Crippen molar-refractivity contribution in [3.63, 3.8) is 0 Å². The Morgan fingerprint density at radius 1 is 1.15 bits per heavy atom. The van der Waals surface area contributed by atoms with Gasteiger partial charge in [-0.25, -0.2) is 4.39 Å². The minimum Gasteiger partial charge on any atom is -0.508 e. The smallest absolute Gasteiger partial charge is 0.318 e. The van der Waals surface area contributed by atoms with Gasteiger partial charge in [-0.15, -0.1) is 0 Å². The lowest BCUT2D eigenvalue weighted by atomic mass is 9.92. The Balaban J connectivity index is 1.15. The predicted octanol–water partition coefficient (Wildman–Crippen LogP) is 5.15. The first kappa shape index (κ1) is 29.3. The summed E-state index contributed by atoms with van der Waals surface area (Å²) in [5.41, 5.74) is 11.5. The highest BCUT2D eigenvalue weighted by Gasteiger charge is 2.48. The predicted molar refractivity (Wildman–Crippen MR) is 177 cm³/mol. The lowest BCUT2D eigenvalue weighted by Crippen LogP contribution is -2.43. The van der Waals surface area contributed by atoms with Crippen molar-refractivity contribution in [3.8, 4) is 11.8 Å². The summed E-state index contributed by atoms with van der Waals surface area (Å²) in [6.45, 7) is 9.98. The van der Waals surface area contributed by atoms with E-state index in [0.29, 0.717) is 49.3 Å². The monoisotopic (exact) mass is 626 g/mol. The van der Waals surface area contributed by atoms with Gasteiger partial charge >= 0.3 is 6.01 Å². The van der Waals surface area contributed by atoms with Gasteiger partial charge in [-0.05, 0) is 74.1 Å². The van der Waals surface area contributed by atoms with Crippen LogP contribution in [0.3, 0.4) is 0 Å². The second kappa shape index (κ2) is 11.3. The largest absolute Gasteiger partial charge is 0.508 e. The molecule has 242 valence electrons. The van der Waals surface area contributed by atoms with Crippen LogP contribution in [0, 0.1) is 11.7 Å². The summed E-state index contributed by atoms with van der Waals surface area (Å²) in [7, 11) is 0. The van der Waals surface area contributed by atoms with Crippen LogP contribution in [0.1, 0.15) is 68.0 Å². The van der Waals surface area contributed by atoms with Gasteiger partial charge in [0, 0.05) is 54.8 Å². The van der Waals surface area contributed by atoms with Crippen LogP contribution in [0.5, 0.6) is 11.8 Å². The van der Waals surface area contributed by atoms with E-state index < -0.39 is 0 Å². The fourth-order valence-electron chi connectivity index (χ4n) is 8.83. The third-order valence-electron chi connectivity index (χ3n) is 10.9. The van der Waals surface area contributed by atoms with Crippen molar-refractivity contribution < 1.29 is 14.2 Å². The quantitative estimate of drug-likeness (QED) is 0.256. The molecule has 4 aliphatic heterocycles. The molecule has 0 amide bonds. The number of nitrogen functional groups attached to an aromatic ring is 1. The molecule has 4 aromatic rings. The molecule has 6 heterocycles. The number of anilines is 3. The van der Waals surface area contributed by atoms with Crippen LogP contribution >= 0.6 is 0 Å². The summed E-state index contributed by atoms with van der Waals surface area (Å²) < 4.78 is 21.6. The molecule has 4 N–H and O–H groups in total. The lowest BCUT2D eigenvalue weighted by Gasteiger charge is -2.34. The summed E-state index contributed by atoms with van der Waals surface area (Å²) in [5.74, 6) is 1.78. The number of fused-ring (bicyclic) bond motifs is 3. The van der Waals surface area contributed by atoms with E-state index in [0.717, 1.165) is 91.1 Å². The average molecular weight is 627 g/mol. The number of phenolic OH excluding ortho intramolecular Hbond substituents is 1. The number of hydrogen-bond acceptors (Lipinski definition) is 9. The highest BCUT2D eigenvalue weighted by molar-refractivity contribution is 5.98. The molecule has 46 heavy (non-hydrogen) atoms. The van der Waals surface area contributed by atoms with Gasteiger partial charge in [0.1, 0.15) is 24.0 Å². The van der Waals surface area contributed by atoms with Crippen molar-refractivity contribution in [3.05, 3.63) is 58.8 Å². The van der Waals surface area contributed by atoms with Gasteiger partial charge in [0.25, 0.3) is 0 Å². The first-order chi connectivity index (χ1) is 22.3. The van der Waals surface area contributed by atoms with E-state index >= 15 is 4.39 Å². The number of nitrogens with zero attached hydrogens (tertiary/aromatic N) is 6. The third-order valence-corrected chi connectivity index (χ3v) is 10.9. The van der Waals surface area contributed by atoms with Crippen LogP contribution in [0.2, 0.25) is 0 Å². The SMILES string of the molecule is CCc1c(F)ccc2cc(O)cc(N3CCc4c(nc(OC[C@@]56CCCN5C[C@H](C)C6)nc4N4CCC(c5[nH]ncc5N)C4)C3)c12. The summed E-state index contributed by atoms with van der Waals surface area (Å²) in [6, 6.07) is 7.15. The zero-order valence-corrected chi connectivity index (χ0v) is 26.7. The van der Waals surface area contributed by atoms with E-state index in [1.807, 2.05) is 6.92 Å². The van der Waals surface area contributed by atoms with Gasteiger partial charge in [-0.2, -0.15) is 15.1 Å². The second-order valence-electron chi connectivity index (χ2n) is 13.9. The molecule has 11 heteroatoms. The lowest BCUT2D eigenvalue weighted by molar-refractivity contribution is 0.107. The van der Waals surface area contributed by atoms with Gasteiger partial charge in [0.15, 0.2) is 0 Å². The van der Waals surface area contributed by atoms with Gasteiger partial charge in [0.2, 0.25) is 0 Å². The number of benzene rings is 2. The highest BCUT2D eigenvalue weighted by Crippen LogP contribution is 2.43. The Labute approximate surface area is 268 Å². The molecular formula is C35H43FN8O2. The van der Waals surface area contributed by atoms with Crippen LogP contribution in [0.25, 0.3) is 10.8 Å². The average Bonchev–Trinajstić information content (AvgIpc) is 3.83. The highest BCUT2D eigenvalue weighted by atomic mass is 19.1. The first-order valence-corrected chi connectivity index (χ1v) is 16.8. The Kier molecular flexibility index (Phi) is 7.19. The number of ether oxygens (including phenoxy) is 1. The molecule has 8 rings (SSSR count). The Morgan fingerprint density at radius 3 is 2.87 bits per heavy atom. The van der Waals surface area contributed by atoms with Crippen molar-refractivity contribution in [2.24, 2.45) is 5.92 Å². The molecule has 0 bridgehead atoms. The Morgan fingerprint density at radius 2 is 2.04 bits per heavy atom. The number of rotatable bonds is 7. The zero-order chi connectivity index (χ0) is 31.6. The molecule has 0 radical (unpaired) electrons. The second-order valence-corrected chi connectivity index (χ2v) is 13.9. The molecule has 0 aliphatic carbocycles. The molecule has 10 nitrogen and oxygen atoms in total. The molecule has 4 aliphatic rings. The summed E-state index contributed by atoms with van der Waals surface area (Å²) >= 11 is 0. The number of aryl methyl sites for hydroxylation is 1. The maximum Gasteiger partial charge on any atom is 0.318 e. The summed E-state index contributed by atoms with van der Waals surface area (Å²) in [6.07, 6.45) is 7.39. The number of aromatic amines is 1. The number of H-pyrrole nitrogens is 1. The molecule has 0 saturated carbocycles. The van der Waals surface area contributed by atoms with E-state index in [-0.39, 0.29) is 23.0 Å².